The topological polar surface area (TPSA) is 75.2 Å². The molecule has 2 rings (SSSR count). The molecule has 0 aromatic carbocycles. The summed E-state index contributed by atoms with van der Waals surface area (Å²) >= 11 is 0. The molecule has 0 unspecified atom stereocenters. The van der Waals surface area contributed by atoms with E-state index >= 15 is 0 Å². The van der Waals surface area contributed by atoms with Crippen LogP contribution in [0.15, 0.2) is 18.6 Å². The van der Waals surface area contributed by atoms with E-state index in [-0.39, 0.29) is 23.8 Å². The van der Waals surface area contributed by atoms with E-state index in [0.717, 1.165) is 25.7 Å². The number of aromatic nitrogens is 2. The molecule has 2 heterocycles. The first kappa shape index (κ1) is 16.4. The average Bonchev–Trinajstić information content (AvgIpc) is 2.57. The average molecular weight is 304 g/mol. The lowest BCUT2D eigenvalue weighted by atomic mass is 9.99. The van der Waals surface area contributed by atoms with E-state index in [1.54, 1.807) is 11.1 Å². The highest BCUT2D eigenvalue weighted by atomic mass is 16.2. The highest BCUT2D eigenvalue weighted by molar-refractivity contribution is 5.92. The Morgan fingerprint density at radius 3 is 2.50 bits per heavy atom. The fourth-order valence-corrected chi connectivity index (χ4v) is 2.78. The summed E-state index contributed by atoms with van der Waals surface area (Å²) in [5.41, 5.74) is 0.377. The van der Waals surface area contributed by atoms with Gasteiger partial charge in [-0.05, 0) is 25.7 Å². The number of rotatable bonds is 5. The molecule has 1 aromatic rings. The number of amides is 2. The van der Waals surface area contributed by atoms with E-state index in [2.05, 4.69) is 15.3 Å². The van der Waals surface area contributed by atoms with Crippen molar-refractivity contribution in [1.29, 1.82) is 0 Å². The number of piperidine rings is 1. The summed E-state index contributed by atoms with van der Waals surface area (Å²) in [6.07, 6.45) is 7.88. The summed E-state index contributed by atoms with van der Waals surface area (Å²) in [5.74, 6) is 0.154. The first-order valence-corrected chi connectivity index (χ1v) is 8.01. The Morgan fingerprint density at radius 2 is 1.95 bits per heavy atom. The molecule has 0 bridgehead atoms. The highest BCUT2D eigenvalue weighted by Crippen LogP contribution is 2.15. The van der Waals surface area contributed by atoms with Gasteiger partial charge in [0.1, 0.15) is 5.69 Å². The zero-order chi connectivity index (χ0) is 15.9. The second-order valence-corrected chi connectivity index (χ2v) is 5.68. The van der Waals surface area contributed by atoms with E-state index in [0.29, 0.717) is 18.8 Å². The van der Waals surface area contributed by atoms with Crippen LogP contribution in [-0.2, 0) is 4.79 Å². The molecule has 1 fully saturated rings. The maximum Gasteiger partial charge on any atom is 0.274 e. The molecule has 1 saturated heterocycles. The van der Waals surface area contributed by atoms with Crippen LogP contribution in [0.2, 0.25) is 0 Å². The van der Waals surface area contributed by atoms with Gasteiger partial charge in [0.25, 0.3) is 5.91 Å². The molecule has 0 radical (unpaired) electrons. The fourth-order valence-electron chi connectivity index (χ4n) is 2.78. The van der Waals surface area contributed by atoms with Crippen LogP contribution in [-0.4, -0.2) is 45.8 Å². The van der Waals surface area contributed by atoms with Crippen molar-refractivity contribution >= 4 is 11.8 Å². The maximum absolute atomic E-state index is 12.3. The molecule has 0 saturated carbocycles. The third-order valence-corrected chi connectivity index (χ3v) is 4.27. The standard InChI is InChI=1S/C16H24N4O2/c1-3-12(4-2)15(21)19-13-5-9-20(10-6-13)16(22)14-11-17-7-8-18-14/h7-8,11-13H,3-6,9-10H2,1-2H3,(H,19,21). The molecule has 0 atom stereocenters. The van der Waals surface area contributed by atoms with Gasteiger partial charge in [-0.3, -0.25) is 14.6 Å². The van der Waals surface area contributed by atoms with Crippen molar-refractivity contribution in [3.63, 3.8) is 0 Å². The van der Waals surface area contributed by atoms with Gasteiger partial charge in [-0.1, -0.05) is 13.8 Å². The minimum Gasteiger partial charge on any atom is -0.353 e. The number of carbonyl (C=O) groups is 2. The predicted molar refractivity (Wildman–Crippen MR) is 83.2 cm³/mol. The number of nitrogens with one attached hydrogen (secondary N) is 1. The normalized spacial score (nSPS) is 15.9. The van der Waals surface area contributed by atoms with Gasteiger partial charge in [-0.15, -0.1) is 0 Å². The van der Waals surface area contributed by atoms with E-state index in [4.69, 9.17) is 0 Å². The van der Waals surface area contributed by atoms with Crippen LogP contribution in [0.1, 0.15) is 50.0 Å². The van der Waals surface area contributed by atoms with E-state index in [1.165, 1.54) is 12.4 Å². The molecule has 1 aliphatic rings. The van der Waals surface area contributed by atoms with Gasteiger partial charge in [0.15, 0.2) is 0 Å². The van der Waals surface area contributed by atoms with Crippen LogP contribution in [0, 0.1) is 5.92 Å². The second-order valence-electron chi connectivity index (χ2n) is 5.68. The molecular weight excluding hydrogens is 280 g/mol. The third-order valence-electron chi connectivity index (χ3n) is 4.27. The minimum absolute atomic E-state index is 0.0853. The van der Waals surface area contributed by atoms with Crippen molar-refractivity contribution < 1.29 is 9.59 Å². The van der Waals surface area contributed by atoms with E-state index in [1.807, 2.05) is 13.8 Å². The van der Waals surface area contributed by atoms with Crippen LogP contribution in [0.5, 0.6) is 0 Å². The first-order valence-electron chi connectivity index (χ1n) is 8.01. The summed E-state index contributed by atoms with van der Waals surface area (Å²) in [6.45, 7) is 5.36. The summed E-state index contributed by atoms with van der Waals surface area (Å²) in [5, 5.41) is 3.12. The lowest BCUT2D eigenvalue weighted by molar-refractivity contribution is -0.126. The summed E-state index contributed by atoms with van der Waals surface area (Å²) < 4.78 is 0. The molecule has 1 aromatic heterocycles. The lowest BCUT2D eigenvalue weighted by Gasteiger charge is -2.32. The SMILES string of the molecule is CCC(CC)C(=O)NC1CCN(C(=O)c2cnccn2)CC1. The summed E-state index contributed by atoms with van der Waals surface area (Å²) in [6, 6.07) is 0.166. The Balaban J connectivity index is 1.83. The van der Waals surface area contributed by atoms with Crippen LogP contribution >= 0.6 is 0 Å². The quantitative estimate of drug-likeness (QED) is 0.897. The Morgan fingerprint density at radius 1 is 1.27 bits per heavy atom. The zero-order valence-electron chi connectivity index (χ0n) is 13.3. The van der Waals surface area contributed by atoms with Gasteiger partial charge in [0.2, 0.25) is 5.91 Å². The fraction of sp³-hybridized carbons (Fsp3) is 0.625. The molecule has 0 spiro atoms. The van der Waals surface area contributed by atoms with E-state index < -0.39 is 0 Å². The van der Waals surface area contributed by atoms with Gasteiger partial charge < -0.3 is 10.2 Å². The molecule has 2 amide bonds. The van der Waals surface area contributed by atoms with Crippen LogP contribution in [0.25, 0.3) is 0 Å². The molecule has 6 nitrogen and oxygen atoms in total. The van der Waals surface area contributed by atoms with Crippen molar-refractivity contribution in [3.8, 4) is 0 Å². The van der Waals surface area contributed by atoms with Crippen molar-refractivity contribution in [3.05, 3.63) is 24.3 Å². The number of likely N-dealkylation sites (tertiary alicyclic amines) is 1. The monoisotopic (exact) mass is 304 g/mol. The third kappa shape index (κ3) is 4.02. The van der Waals surface area contributed by atoms with Crippen molar-refractivity contribution in [1.82, 2.24) is 20.2 Å². The van der Waals surface area contributed by atoms with Crippen molar-refractivity contribution in [2.75, 3.05) is 13.1 Å². The maximum atomic E-state index is 12.3. The van der Waals surface area contributed by atoms with Crippen LogP contribution in [0.4, 0.5) is 0 Å². The molecular formula is C16H24N4O2. The number of nitrogens with zero attached hydrogens (tertiary/aromatic N) is 3. The van der Waals surface area contributed by atoms with Gasteiger partial charge >= 0.3 is 0 Å². The molecule has 120 valence electrons. The molecule has 6 heteroatoms. The van der Waals surface area contributed by atoms with Gasteiger partial charge in [0, 0.05) is 37.4 Å². The Bertz CT molecular complexity index is 494. The lowest BCUT2D eigenvalue weighted by Crippen LogP contribution is -2.47. The van der Waals surface area contributed by atoms with Gasteiger partial charge in [0.05, 0.1) is 6.20 Å². The predicted octanol–water partition coefficient (Wildman–Crippen LogP) is 1.63. The van der Waals surface area contributed by atoms with Gasteiger partial charge in [-0.2, -0.15) is 0 Å². The first-order chi connectivity index (χ1) is 10.7. The van der Waals surface area contributed by atoms with Crippen LogP contribution < -0.4 is 5.32 Å². The Labute approximate surface area is 131 Å². The van der Waals surface area contributed by atoms with Crippen molar-refractivity contribution in [2.24, 2.45) is 5.92 Å². The van der Waals surface area contributed by atoms with E-state index in [9.17, 15) is 9.59 Å². The Kier molecular flexibility index (Phi) is 5.86. The molecule has 0 aliphatic carbocycles. The molecule has 22 heavy (non-hydrogen) atoms. The Hall–Kier alpha value is -1.98. The second kappa shape index (κ2) is 7.87. The minimum atomic E-state index is -0.0853. The smallest absolute Gasteiger partial charge is 0.274 e. The number of carbonyl (C=O) groups excluding carboxylic acids is 2. The van der Waals surface area contributed by atoms with Gasteiger partial charge in [-0.25, -0.2) is 4.98 Å². The molecule has 1 N–H and O–H groups in total. The van der Waals surface area contributed by atoms with Crippen molar-refractivity contribution in [2.45, 2.75) is 45.6 Å². The molecule has 1 aliphatic heterocycles. The van der Waals surface area contributed by atoms with Crippen LogP contribution in [0.3, 0.4) is 0 Å². The zero-order valence-corrected chi connectivity index (χ0v) is 13.3. The summed E-state index contributed by atoms with van der Waals surface area (Å²) in [4.78, 5) is 34.1. The largest absolute Gasteiger partial charge is 0.353 e. The number of hydrogen-bond acceptors (Lipinski definition) is 4. The summed E-state index contributed by atoms with van der Waals surface area (Å²) in [7, 11) is 0. The highest BCUT2D eigenvalue weighted by Gasteiger charge is 2.26. The number of hydrogen-bond donors (Lipinski definition) is 1.